The lowest BCUT2D eigenvalue weighted by Gasteiger charge is -2.17. The Hall–Kier alpha value is -3.22. The van der Waals surface area contributed by atoms with Crippen LogP contribution in [0.3, 0.4) is 0 Å². The van der Waals surface area contributed by atoms with Gasteiger partial charge in [0, 0.05) is 6.92 Å². The second-order valence-corrected chi connectivity index (χ2v) is 13.3. The van der Waals surface area contributed by atoms with E-state index < -0.39 is 15.1 Å². The fraction of sp³-hybridized carbons (Fsp3) is 0.417. The molecule has 228 valence electrons. The Labute approximate surface area is 254 Å². The first-order chi connectivity index (χ1) is 20.0. The van der Waals surface area contributed by atoms with Gasteiger partial charge in [0.25, 0.3) is 0 Å². The van der Waals surface area contributed by atoms with Gasteiger partial charge in [-0.25, -0.2) is 8.42 Å². The van der Waals surface area contributed by atoms with E-state index in [9.17, 15) is 13.2 Å². The van der Waals surface area contributed by atoms with Gasteiger partial charge in [0.1, 0.15) is 6.61 Å². The Balaban J connectivity index is 2.06. The number of carbonyl (C=O) groups excluding carboxylic acids is 1. The lowest BCUT2D eigenvalue weighted by atomic mass is 10.0. The quantitative estimate of drug-likeness (QED) is 0.136. The van der Waals surface area contributed by atoms with E-state index in [-0.39, 0.29) is 12.6 Å². The number of aryl methyl sites for hydroxylation is 1. The van der Waals surface area contributed by atoms with E-state index in [2.05, 4.69) is 31.2 Å². The van der Waals surface area contributed by atoms with Crippen molar-refractivity contribution in [3.05, 3.63) is 112 Å². The van der Waals surface area contributed by atoms with E-state index in [0.717, 1.165) is 53.5 Å². The third-order valence-corrected chi connectivity index (χ3v) is 8.99. The number of ether oxygens (including phenoxy) is 2. The number of carbonyl (C=O) groups is 1. The smallest absolute Gasteiger partial charge is 0.302 e. The maximum Gasteiger partial charge on any atom is 0.302 e. The Morgan fingerprint density at radius 2 is 1.40 bits per heavy atom. The molecule has 2 rings (SSSR count). The minimum Gasteiger partial charge on any atom is -0.462 e. The summed E-state index contributed by atoms with van der Waals surface area (Å²) in [5, 5.41) is -0.642. The van der Waals surface area contributed by atoms with Crippen LogP contribution in [0.25, 0.3) is 0 Å². The summed E-state index contributed by atoms with van der Waals surface area (Å²) in [6, 6.07) is 17.2. The molecule has 0 aromatic heterocycles. The van der Waals surface area contributed by atoms with Gasteiger partial charge in [-0.3, -0.25) is 4.79 Å². The van der Waals surface area contributed by atoms with Crippen molar-refractivity contribution in [2.45, 2.75) is 90.4 Å². The first-order valence-electron chi connectivity index (χ1n) is 14.7. The number of rotatable bonds is 17. The predicted octanol–water partition coefficient (Wildman–Crippen LogP) is 8.65. The first kappa shape index (κ1) is 35.0. The summed E-state index contributed by atoms with van der Waals surface area (Å²) in [4.78, 5) is 11.3. The second-order valence-electron chi connectivity index (χ2n) is 11.1. The zero-order chi connectivity index (χ0) is 31.0. The molecular weight excluding hydrogens is 544 g/mol. The summed E-state index contributed by atoms with van der Waals surface area (Å²) in [6.45, 7) is 12.9. The zero-order valence-electron chi connectivity index (χ0n) is 26.2. The van der Waals surface area contributed by atoms with Crippen molar-refractivity contribution >= 4 is 15.8 Å². The number of hydrogen-bond acceptors (Lipinski definition) is 5. The largest absolute Gasteiger partial charge is 0.462 e. The molecule has 0 heterocycles. The maximum absolute atomic E-state index is 13.7. The molecule has 1 unspecified atom stereocenters. The molecule has 0 amide bonds. The number of esters is 1. The van der Waals surface area contributed by atoms with E-state index >= 15 is 0 Å². The van der Waals surface area contributed by atoms with Crippen molar-refractivity contribution in [1.29, 1.82) is 0 Å². The molecule has 0 radical (unpaired) electrons. The highest BCUT2D eigenvalue weighted by atomic mass is 32.2. The van der Waals surface area contributed by atoms with Crippen LogP contribution >= 0.6 is 0 Å². The summed E-state index contributed by atoms with van der Waals surface area (Å²) < 4.78 is 38.3. The van der Waals surface area contributed by atoms with Crippen LogP contribution in [-0.4, -0.2) is 32.9 Å². The highest BCUT2D eigenvalue weighted by Crippen LogP contribution is 2.25. The second kappa shape index (κ2) is 18.3. The summed E-state index contributed by atoms with van der Waals surface area (Å²) in [6.07, 6.45) is 11.8. The minimum absolute atomic E-state index is 0.278. The molecule has 2 aromatic rings. The highest BCUT2D eigenvalue weighted by molar-refractivity contribution is 7.92. The molecule has 6 heteroatoms. The fourth-order valence-electron chi connectivity index (χ4n) is 4.42. The monoisotopic (exact) mass is 592 g/mol. The maximum atomic E-state index is 13.7. The van der Waals surface area contributed by atoms with Crippen molar-refractivity contribution < 1.29 is 22.7 Å². The molecular formula is C36H48O5S. The topological polar surface area (TPSA) is 69.7 Å². The summed E-state index contributed by atoms with van der Waals surface area (Å²) >= 11 is 0. The van der Waals surface area contributed by atoms with Crippen LogP contribution in [-0.2, 0) is 30.7 Å². The standard InChI is InChI=1S/C36H48O5S/c1-28(22-23-41-33(6)37)12-10-13-30(3)24-36(42(38,39)35-20-18-29(2)19-21-35)25-31(4)14-11-15-32(5)26-40-27-34-16-8-7-9-17-34/h7-9,13,15-22,25,36H,10-12,14,23-24,26-27H2,1-6H3. The fourth-order valence-corrected chi connectivity index (χ4v) is 6.18. The third-order valence-electron chi connectivity index (χ3n) is 6.96. The Kier molecular flexibility index (Phi) is 15.3. The van der Waals surface area contributed by atoms with Crippen LogP contribution in [0, 0.1) is 6.92 Å². The number of benzene rings is 2. The summed E-state index contributed by atoms with van der Waals surface area (Å²) in [5.41, 5.74) is 6.58. The summed E-state index contributed by atoms with van der Waals surface area (Å²) in [7, 11) is -3.56. The molecule has 0 fully saturated rings. The Bertz CT molecular complexity index is 1350. The van der Waals surface area contributed by atoms with Crippen molar-refractivity contribution in [2.75, 3.05) is 13.2 Å². The lowest BCUT2D eigenvalue weighted by Crippen LogP contribution is -2.20. The van der Waals surface area contributed by atoms with Crippen molar-refractivity contribution in [2.24, 2.45) is 0 Å². The van der Waals surface area contributed by atoms with Crippen LogP contribution in [0.2, 0.25) is 0 Å². The van der Waals surface area contributed by atoms with E-state index in [0.29, 0.717) is 24.5 Å². The van der Waals surface area contributed by atoms with Crippen LogP contribution in [0.1, 0.15) is 77.8 Å². The normalized spacial score (nSPS) is 14.1. The van der Waals surface area contributed by atoms with Crippen molar-refractivity contribution in [3.8, 4) is 0 Å². The van der Waals surface area contributed by atoms with Gasteiger partial charge in [0.05, 0.1) is 23.4 Å². The van der Waals surface area contributed by atoms with E-state index in [1.54, 1.807) is 12.1 Å². The molecule has 42 heavy (non-hydrogen) atoms. The minimum atomic E-state index is -3.56. The van der Waals surface area contributed by atoms with Gasteiger partial charge in [0.15, 0.2) is 9.84 Å². The Morgan fingerprint density at radius 1 is 0.786 bits per heavy atom. The molecule has 0 aliphatic rings. The molecule has 2 aromatic carbocycles. The third kappa shape index (κ3) is 13.6. The van der Waals surface area contributed by atoms with Gasteiger partial charge in [0.2, 0.25) is 0 Å². The molecule has 5 nitrogen and oxygen atoms in total. The van der Waals surface area contributed by atoms with Crippen molar-refractivity contribution in [3.63, 3.8) is 0 Å². The molecule has 0 aliphatic carbocycles. The van der Waals surface area contributed by atoms with Crippen LogP contribution < -0.4 is 0 Å². The molecule has 0 aliphatic heterocycles. The average Bonchev–Trinajstić information content (AvgIpc) is 2.93. The molecule has 0 N–H and O–H groups in total. The Morgan fingerprint density at radius 3 is 2.05 bits per heavy atom. The molecule has 0 spiro atoms. The van der Waals surface area contributed by atoms with Crippen LogP contribution in [0.4, 0.5) is 0 Å². The number of hydrogen-bond donors (Lipinski definition) is 0. The SMILES string of the molecule is CC(=O)OCC=C(C)CCC=C(C)CC(C=C(C)CCC=C(C)COCc1ccccc1)S(=O)(=O)c1ccc(C)cc1. The van der Waals surface area contributed by atoms with Gasteiger partial charge < -0.3 is 9.47 Å². The van der Waals surface area contributed by atoms with Crippen LogP contribution in [0.5, 0.6) is 0 Å². The van der Waals surface area contributed by atoms with Gasteiger partial charge in [-0.05, 0) is 90.5 Å². The molecule has 0 saturated heterocycles. The van der Waals surface area contributed by atoms with Crippen LogP contribution in [0.15, 0.2) is 106 Å². The number of sulfone groups is 1. The van der Waals surface area contributed by atoms with Gasteiger partial charge in [-0.15, -0.1) is 0 Å². The lowest BCUT2D eigenvalue weighted by molar-refractivity contribution is -0.139. The number of allylic oxidation sites excluding steroid dienone is 5. The predicted molar refractivity (Wildman–Crippen MR) is 173 cm³/mol. The molecule has 1 atom stereocenters. The highest BCUT2D eigenvalue weighted by Gasteiger charge is 2.26. The van der Waals surface area contributed by atoms with Gasteiger partial charge in [-0.2, -0.15) is 0 Å². The van der Waals surface area contributed by atoms with Gasteiger partial charge in [-0.1, -0.05) is 88.5 Å². The van der Waals surface area contributed by atoms with Crippen molar-refractivity contribution in [1.82, 2.24) is 0 Å². The summed E-state index contributed by atoms with van der Waals surface area (Å²) in [5.74, 6) is -0.294. The molecule has 0 saturated carbocycles. The molecule has 0 bridgehead atoms. The van der Waals surface area contributed by atoms with E-state index in [1.807, 2.05) is 70.2 Å². The van der Waals surface area contributed by atoms with E-state index in [4.69, 9.17) is 9.47 Å². The van der Waals surface area contributed by atoms with Gasteiger partial charge >= 0.3 is 5.97 Å². The average molecular weight is 593 g/mol. The zero-order valence-corrected chi connectivity index (χ0v) is 27.0. The van der Waals surface area contributed by atoms with E-state index in [1.165, 1.54) is 12.5 Å². The first-order valence-corrected chi connectivity index (χ1v) is 16.2.